The number of carbonyl (C=O) groups is 3. The first-order chi connectivity index (χ1) is 11.7. The molecule has 2 amide bonds. The van der Waals surface area contributed by atoms with Gasteiger partial charge in [0.2, 0.25) is 15.9 Å². The van der Waals surface area contributed by atoms with Gasteiger partial charge in [-0.1, -0.05) is 0 Å². The Morgan fingerprint density at radius 3 is 2.16 bits per heavy atom. The van der Waals surface area contributed by atoms with Crippen molar-refractivity contribution in [2.75, 3.05) is 33.8 Å². The van der Waals surface area contributed by atoms with Crippen LogP contribution in [-0.2, 0) is 24.3 Å². The third-order valence-electron chi connectivity index (χ3n) is 3.02. The van der Waals surface area contributed by atoms with E-state index in [-0.39, 0.29) is 22.9 Å². The van der Waals surface area contributed by atoms with Crippen LogP contribution in [0.4, 0.5) is 0 Å². The second kappa shape index (κ2) is 9.14. The second-order valence-corrected chi connectivity index (χ2v) is 7.27. The molecule has 0 radical (unpaired) electrons. The van der Waals surface area contributed by atoms with Gasteiger partial charge in [0.1, 0.15) is 0 Å². The summed E-state index contributed by atoms with van der Waals surface area (Å²) in [5.74, 6) is -1.74. The zero-order valence-electron chi connectivity index (χ0n) is 14.2. The maximum Gasteiger partial charge on any atom is 0.338 e. The molecule has 0 saturated heterocycles. The monoisotopic (exact) mass is 371 g/mol. The number of amides is 2. The molecule has 0 aliphatic carbocycles. The predicted molar refractivity (Wildman–Crippen MR) is 89.3 cm³/mol. The molecule has 0 spiro atoms. The van der Waals surface area contributed by atoms with Gasteiger partial charge >= 0.3 is 5.97 Å². The Labute approximate surface area is 146 Å². The molecule has 2 N–H and O–H groups in total. The van der Waals surface area contributed by atoms with E-state index in [0.29, 0.717) is 6.54 Å². The lowest BCUT2D eigenvalue weighted by Crippen LogP contribution is -2.38. The lowest BCUT2D eigenvalue weighted by molar-refractivity contribution is -0.127. The maximum atomic E-state index is 11.9. The third kappa shape index (κ3) is 6.16. The number of sulfonamides is 1. The number of likely N-dealkylation sites (N-methyl/N-ethyl adjacent to an activating group) is 1. The summed E-state index contributed by atoms with van der Waals surface area (Å²) in [5, 5.41) is 4.81. The number of nitrogens with zero attached hydrogens (tertiary/aromatic N) is 1. The molecular weight excluding hydrogens is 350 g/mol. The normalized spacial score (nSPS) is 11.0. The number of ether oxygens (including phenoxy) is 1. The van der Waals surface area contributed by atoms with E-state index < -0.39 is 28.5 Å². The van der Waals surface area contributed by atoms with Crippen LogP contribution >= 0.6 is 0 Å². The third-order valence-corrected chi connectivity index (χ3v) is 4.85. The summed E-state index contributed by atoms with van der Waals surface area (Å²) in [4.78, 5) is 34.6. The molecule has 138 valence electrons. The highest BCUT2D eigenvalue weighted by Gasteiger charge is 2.18. The predicted octanol–water partition coefficient (Wildman–Crippen LogP) is -0.654. The van der Waals surface area contributed by atoms with Gasteiger partial charge in [-0.05, 0) is 31.2 Å². The molecule has 0 unspecified atom stereocenters. The van der Waals surface area contributed by atoms with Gasteiger partial charge < -0.3 is 15.4 Å². The molecule has 0 saturated carbocycles. The van der Waals surface area contributed by atoms with E-state index >= 15 is 0 Å². The summed E-state index contributed by atoms with van der Waals surface area (Å²) in [6.45, 7) is 1.44. The van der Waals surface area contributed by atoms with Crippen LogP contribution in [0.25, 0.3) is 0 Å². The Morgan fingerprint density at radius 2 is 1.64 bits per heavy atom. The van der Waals surface area contributed by atoms with Crippen molar-refractivity contribution in [3.05, 3.63) is 29.8 Å². The molecule has 0 aliphatic heterocycles. The molecule has 0 aliphatic rings. The average Bonchev–Trinajstić information content (AvgIpc) is 2.58. The minimum absolute atomic E-state index is 0.0359. The Balaban J connectivity index is 2.56. The molecular formula is C15H21N3O6S. The van der Waals surface area contributed by atoms with Crippen LogP contribution in [0.15, 0.2) is 29.2 Å². The number of carbonyl (C=O) groups excluding carboxylic acids is 3. The topological polar surface area (TPSA) is 122 Å². The highest BCUT2D eigenvalue weighted by molar-refractivity contribution is 7.89. The van der Waals surface area contributed by atoms with Crippen molar-refractivity contribution in [2.45, 2.75) is 11.8 Å². The molecule has 25 heavy (non-hydrogen) atoms. The zero-order valence-corrected chi connectivity index (χ0v) is 15.1. The van der Waals surface area contributed by atoms with Crippen LogP contribution in [-0.4, -0.2) is 64.3 Å². The first kappa shape index (κ1) is 20.6. The lowest BCUT2D eigenvalue weighted by Gasteiger charge is -2.11. The Bertz CT molecular complexity index is 728. The van der Waals surface area contributed by atoms with Crippen LogP contribution < -0.4 is 10.6 Å². The number of hydrogen-bond acceptors (Lipinski definition) is 6. The van der Waals surface area contributed by atoms with Crippen LogP contribution in [0.2, 0.25) is 0 Å². The fourth-order valence-electron chi connectivity index (χ4n) is 1.68. The van der Waals surface area contributed by atoms with E-state index in [2.05, 4.69) is 10.6 Å². The van der Waals surface area contributed by atoms with Gasteiger partial charge in [0.15, 0.2) is 6.61 Å². The van der Waals surface area contributed by atoms with Crippen LogP contribution in [0.1, 0.15) is 17.3 Å². The number of hydrogen-bond donors (Lipinski definition) is 2. The van der Waals surface area contributed by atoms with Gasteiger partial charge in [0.25, 0.3) is 5.91 Å². The molecule has 9 nitrogen and oxygen atoms in total. The van der Waals surface area contributed by atoms with Crippen molar-refractivity contribution in [1.29, 1.82) is 0 Å². The molecule has 10 heteroatoms. The van der Waals surface area contributed by atoms with Gasteiger partial charge in [0, 0.05) is 20.6 Å². The number of benzene rings is 1. The highest BCUT2D eigenvalue weighted by Crippen LogP contribution is 2.14. The zero-order chi connectivity index (χ0) is 19.0. The average molecular weight is 371 g/mol. The number of esters is 1. The Hall–Kier alpha value is -2.46. The van der Waals surface area contributed by atoms with Gasteiger partial charge in [0.05, 0.1) is 17.0 Å². The fourth-order valence-corrected chi connectivity index (χ4v) is 2.58. The second-order valence-electron chi connectivity index (χ2n) is 5.12. The van der Waals surface area contributed by atoms with E-state index in [4.69, 9.17) is 4.74 Å². The van der Waals surface area contributed by atoms with Crippen LogP contribution in [0.5, 0.6) is 0 Å². The summed E-state index contributed by atoms with van der Waals surface area (Å²) >= 11 is 0. The molecule has 1 rings (SSSR count). The van der Waals surface area contributed by atoms with Gasteiger partial charge in [-0.2, -0.15) is 0 Å². The first-order valence-electron chi connectivity index (χ1n) is 7.41. The van der Waals surface area contributed by atoms with Crippen molar-refractivity contribution < 1.29 is 27.5 Å². The van der Waals surface area contributed by atoms with Gasteiger partial charge in [-0.25, -0.2) is 17.5 Å². The lowest BCUT2D eigenvalue weighted by atomic mass is 10.2. The summed E-state index contributed by atoms with van der Waals surface area (Å²) in [5.41, 5.74) is 0.106. The van der Waals surface area contributed by atoms with Crippen LogP contribution in [0, 0.1) is 0 Å². The SMILES string of the molecule is CCNC(=O)CNC(=O)COC(=O)c1ccc(S(=O)(=O)N(C)C)cc1. The maximum absolute atomic E-state index is 11.9. The molecule has 0 bridgehead atoms. The molecule has 0 aromatic heterocycles. The first-order valence-corrected chi connectivity index (χ1v) is 8.85. The van der Waals surface area contributed by atoms with Crippen molar-refractivity contribution >= 4 is 27.8 Å². The summed E-state index contributed by atoms with van der Waals surface area (Å²) in [7, 11) is -0.787. The smallest absolute Gasteiger partial charge is 0.338 e. The van der Waals surface area contributed by atoms with Crippen molar-refractivity contribution in [3.8, 4) is 0 Å². The van der Waals surface area contributed by atoms with E-state index in [0.717, 1.165) is 4.31 Å². The fraction of sp³-hybridized carbons (Fsp3) is 0.400. The number of nitrogens with one attached hydrogen (secondary N) is 2. The van der Waals surface area contributed by atoms with E-state index in [1.54, 1.807) is 6.92 Å². The van der Waals surface area contributed by atoms with E-state index in [9.17, 15) is 22.8 Å². The minimum atomic E-state index is -3.59. The summed E-state index contributed by atoms with van der Waals surface area (Å²) < 4.78 is 29.7. The largest absolute Gasteiger partial charge is 0.452 e. The standard InChI is InChI=1S/C15H21N3O6S/c1-4-16-13(19)9-17-14(20)10-24-15(21)11-5-7-12(8-6-11)25(22,23)18(2)3/h5-8H,4,9-10H2,1-3H3,(H,16,19)(H,17,20). The number of rotatable bonds is 8. The molecule has 0 fully saturated rings. The van der Waals surface area contributed by atoms with E-state index in [1.807, 2.05) is 0 Å². The Morgan fingerprint density at radius 1 is 1.04 bits per heavy atom. The van der Waals surface area contributed by atoms with Crippen molar-refractivity contribution in [3.63, 3.8) is 0 Å². The van der Waals surface area contributed by atoms with Crippen LogP contribution in [0.3, 0.4) is 0 Å². The summed E-state index contributed by atoms with van der Waals surface area (Å²) in [6, 6.07) is 5.15. The quantitative estimate of drug-likeness (QED) is 0.586. The van der Waals surface area contributed by atoms with Gasteiger partial charge in [-0.15, -0.1) is 0 Å². The van der Waals surface area contributed by atoms with E-state index in [1.165, 1.54) is 38.4 Å². The Kier molecular flexibility index (Phi) is 7.52. The minimum Gasteiger partial charge on any atom is -0.452 e. The summed E-state index contributed by atoms with van der Waals surface area (Å²) in [6.07, 6.45) is 0. The molecule has 0 atom stereocenters. The molecule has 1 aromatic rings. The molecule has 0 heterocycles. The van der Waals surface area contributed by atoms with Crippen molar-refractivity contribution in [2.24, 2.45) is 0 Å². The highest BCUT2D eigenvalue weighted by atomic mass is 32.2. The molecule has 1 aromatic carbocycles. The van der Waals surface area contributed by atoms with Crippen molar-refractivity contribution in [1.82, 2.24) is 14.9 Å². The van der Waals surface area contributed by atoms with Gasteiger partial charge in [-0.3, -0.25) is 9.59 Å².